The smallest absolute Gasteiger partial charge is 0.321 e. The van der Waals surface area contributed by atoms with Gasteiger partial charge in [-0.25, -0.2) is 9.78 Å². The van der Waals surface area contributed by atoms with Crippen molar-refractivity contribution in [2.75, 3.05) is 6.54 Å². The van der Waals surface area contributed by atoms with E-state index in [1.807, 2.05) is 0 Å². The molecule has 1 saturated heterocycles. The number of likely N-dealkylation sites (tertiary alicyclic amines) is 1. The van der Waals surface area contributed by atoms with Gasteiger partial charge in [-0.15, -0.1) is 0 Å². The van der Waals surface area contributed by atoms with Gasteiger partial charge in [0.05, 0.1) is 0 Å². The second-order valence-corrected chi connectivity index (χ2v) is 5.55. The van der Waals surface area contributed by atoms with Crippen LogP contribution >= 0.6 is 0 Å². The van der Waals surface area contributed by atoms with Crippen LogP contribution in [0.15, 0.2) is 18.7 Å². The first kappa shape index (κ1) is 11.8. The van der Waals surface area contributed by atoms with E-state index < -0.39 is 0 Å². The third kappa shape index (κ3) is 2.16. The molecule has 3 rings (SSSR count). The van der Waals surface area contributed by atoms with E-state index in [0.29, 0.717) is 6.04 Å². The van der Waals surface area contributed by atoms with E-state index in [1.165, 1.54) is 38.5 Å². The summed E-state index contributed by atoms with van der Waals surface area (Å²) in [6, 6.07) is 0.584. The molecule has 1 aromatic rings. The van der Waals surface area contributed by atoms with Crippen molar-refractivity contribution in [1.82, 2.24) is 14.5 Å². The van der Waals surface area contributed by atoms with Crippen LogP contribution in [0.25, 0.3) is 0 Å². The third-order valence-electron chi connectivity index (χ3n) is 4.46. The molecule has 18 heavy (non-hydrogen) atoms. The first-order chi connectivity index (χ1) is 8.86. The molecule has 4 heteroatoms. The van der Waals surface area contributed by atoms with Gasteiger partial charge in [0.25, 0.3) is 0 Å². The molecule has 1 aromatic heterocycles. The molecule has 0 aromatic carbocycles. The highest BCUT2D eigenvalue weighted by Crippen LogP contribution is 2.34. The third-order valence-corrected chi connectivity index (χ3v) is 4.46. The lowest BCUT2D eigenvalue weighted by Crippen LogP contribution is -2.42. The maximum absolute atomic E-state index is 12.4. The van der Waals surface area contributed by atoms with Gasteiger partial charge in [0.15, 0.2) is 0 Å². The lowest BCUT2D eigenvalue weighted by molar-refractivity contribution is 0.157. The van der Waals surface area contributed by atoms with Crippen molar-refractivity contribution in [3.8, 4) is 0 Å². The normalized spacial score (nSPS) is 25.6. The second kappa shape index (κ2) is 5.12. The predicted octanol–water partition coefficient (Wildman–Crippen LogP) is 2.90. The quantitative estimate of drug-likeness (QED) is 0.765. The van der Waals surface area contributed by atoms with Crippen molar-refractivity contribution in [2.24, 2.45) is 5.92 Å². The van der Waals surface area contributed by atoms with Crippen LogP contribution in [0.5, 0.6) is 0 Å². The van der Waals surface area contributed by atoms with Crippen LogP contribution in [0.4, 0.5) is 4.79 Å². The second-order valence-electron chi connectivity index (χ2n) is 5.55. The van der Waals surface area contributed by atoms with Gasteiger partial charge in [0, 0.05) is 25.0 Å². The number of aromatic nitrogens is 2. The average molecular weight is 247 g/mol. The maximum atomic E-state index is 12.4. The fraction of sp³-hybridized carbons (Fsp3) is 0.714. The number of hydrogen-bond acceptors (Lipinski definition) is 2. The summed E-state index contributed by atoms with van der Waals surface area (Å²) in [7, 11) is 0. The van der Waals surface area contributed by atoms with Gasteiger partial charge in [0.2, 0.25) is 0 Å². The number of carbonyl (C=O) groups is 1. The molecule has 0 radical (unpaired) electrons. The SMILES string of the molecule is O=C(N1CCCC1C1CCCCC1)n1ccnc1. The van der Waals surface area contributed by atoms with Crippen molar-refractivity contribution in [3.63, 3.8) is 0 Å². The Morgan fingerprint density at radius 1 is 1.11 bits per heavy atom. The minimum atomic E-state index is 0.112. The van der Waals surface area contributed by atoms with Gasteiger partial charge in [0.1, 0.15) is 6.33 Å². The van der Waals surface area contributed by atoms with Crippen LogP contribution in [0.3, 0.4) is 0 Å². The van der Waals surface area contributed by atoms with Crippen molar-refractivity contribution in [3.05, 3.63) is 18.7 Å². The van der Waals surface area contributed by atoms with Crippen molar-refractivity contribution in [1.29, 1.82) is 0 Å². The standard InChI is InChI=1S/C14H21N3O/c18-14(16-10-8-15-11-16)17-9-4-7-13(17)12-5-2-1-3-6-12/h8,10-13H,1-7,9H2. The zero-order valence-corrected chi connectivity index (χ0v) is 10.8. The van der Waals surface area contributed by atoms with Crippen molar-refractivity contribution in [2.45, 2.75) is 51.0 Å². The highest BCUT2D eigenvalue weighted by molar-refractivity contribution is 5.77. The number of carbonyl (C=O) groups excluding carboxylic acids is 1. The summed E-state index contributed by atoms with van der Waals surface area (Å²) < 4.78 is 1.61. The molecule has 1 aliphatic carbocycles. The number of nitrogens with zero attached hydrogens (tertiary/aromatic N) is 3. The summed E-state index contributed by atoms with van der Waals surface area (Å²) in [5.41, 5.74) is 0. The molecule has 0 spiro atoms. The zero-order valence-electron chi connectivity index (χ0n) is 10.8. The van der Waals surface area contributed by atoms with Gasteiger partial charge in [-0.2, -0.15) is 0 Å². The minimum absolute atomic E-state index is 0.112. The van der Waals surface area contributed by atoms with Crippen LogP contribution in [-0.2, 0) is 0 Å². The predicted molar refractivity (Wildman–Crippen MR) is 69.3 cm³/mol. The first-order valence-electron chi connectivity index (χ1n) is 7.15. The Labute approximate surface area is 108 Å². The summed E-state index contributed by atoms with van der Waals surface area (Å²) in [6.45, 7) is 0.915. The highest BCUT2D eigenvalue weighted by Gasteiger charge is 2.35. The molecular weight excluding hydrogens is 226 g/mol. The molecule has 1 saturated carbocycles. The minimum Gasteiger partial charge on any atom is -0.321 e. The first-order valence-corrected chi connectivity index (χ1v) is 7.15. The van der Waals surface area contributed by atoms with Crippen molar-refractivity contribution >= 4 is 6.03 Å². The molecule has 2 fully saturated rings. The molecule has 4 nitrogen and oxygen atoms in total. The largest absolute Gasteiger partial charge is 0.329 e. The maximum Gasteiger partial charge on any atom is 0.329 e. The van der Waals surface area contributed by atoms with Gasteiger partial charge >= 0.3 is 6.03 Å². The van der Waals surface area contributed by atoms with Gasteiger partial charge in [-0.05, 0) is 31.6 Å². The number of hydrogen-bond donors (Lipinski definition) is 0. The van der Waals surface area contributed by atoms with Crippen LogP contribution in [-0.4, -0.2) is 33.1 Å². The Kier molecular flexibility index (Phi) is 3.35. The van der Waals surface area contributed by atoms with E-state index in [9.17, 15) is 4.79 Å². The van der Waals surface area contributed by atoms with E-state index in [4.69, 9.17) is 0 Å². The Morgan fingerprint density at radius 2 is 1.94 bits per heavy atom. The van der Waals surface area contributed by atoms with E-state index in [-0.39, 0.29) is 6.03 Å². The number of imidazole rings is 1. The molecule has 1 aliphatic heterocycles. The molecule has 0 bridgehead atoms. The highest BCUT2D eigenvalue weighted by atomic mass is 16.2. The summed E-state index contributed by atoms with van der Waals surface area (Å²) in [6.07, 6.45) is 14.0. The van der Waals surface area contributed by atoms with Gasteiger partial charge in [-0.1, -0.05) is 19.3 Å². The Balaban J connectivity index is 1.72. The lowest BCUT2D eigenvalue weighted by atomic mass is 9.83. The zero-order chi connectivity index (χ0) is 12.4. The van der Waals surface area contributed by atoms with E-state index in [0.717, 1.165) is 18.9 Å². The van der Waals surface area contributed by atoms with Gasteiger partial charge in [-0.3, -0.25) is 4.57 Å². The van der Waals surface area contributed by atoms with Crippen LogP contribution in [0.2, 0.25) is 0 Å². The average Bonchev–Trinajstić information content (AvgIpc) is 3.10. The van der Waals surface area contributed by atoms with Crippen LogP contribution < -0.4 is 0 Å². The summed E-state index contributed by atoms with van der Waals surface area (Å²) in [4.78, 5) is 18.5. The summed E-state index contributed by atoms with van der Waals surface area (Å²) >= 11 is 0. The fourth-order valence-corrected chi connectivity index (χ4v) is 3.56. The fourth-order valence-electron chi connectivity index (χ4n) is 3.56. The monoisotopic (exact) mass is 247 g/mol. The van der Waals surface area contributed by atoms with Crippen LogP contribution in [0, 0.1) is 5.92 Å². The van der Waals surface area contributed by atoms with Crippen molar-refractivity contribution < 1.29 is 4.79 Å². The molecule has 0 N–H and O–H groups in total. The summed E-state index contributed by atoms with van der Waals surface area (Å²) in [5.74, 6) is 0.730. The summed E-state index contributed by atoms with van der Waals surface area (Å²) in [5, 5.41) is 0. The molecular formula is C14H21N3O. The Bertz CT molecular complexity index is 395. The van der Waals surface area contributed by atoms with E-state index in [1.54, 1.807) is 23.3 Å². The Hall–Kier alpha value is -1.32. The number of rotatable bonds is 1. The molecule has 1 unspecified atom stereocenters. The van der Waals surface area contributed by atoms with Crippen LogP contribution in [0.1, 0.15) is 44.9 Å². The molecule has 98 valence electrons. The molecule has 1 atom stereocenters. The van der Waals surface area contributed by atoms with Gasteiger partial charge < -0.3 is 4.90 Å². The van der Waals surface area contributed by atoms with E-state index >= 15 is 0 Å². The molecule has 1 amide bonds. The lowest BCUT2D eigenvalue weighted by Gasteiger charge is -2.33. The van der Waals surface area contributed by atoms with E-state index in [2.05, 4.69) is 9.88 Å². The topological polar surface area (TPSA) is 38.1 Å². The molecule has 2 aliphatic rings. The Morgan fingerprint density at radius 3 is 2.67 bits per heavy atom. The molecule has 2 heterocycles. The number of amides is 1.